The van der Waals surface area contributed by atoms with Crippen molar-refractivity contribution < 1.29 is 0 Å². The van der Waals surface area contributed by atoms with E-state index in [4.69, 9.17) is 0 Å². The van der Waals surface area contributed by atoms with E-state index in [2.05, 4.69) is 13.8 Å². The van der Waals surface area contributed by atoms with Gasteiger partial charge < -0.3 is 0 Å². The Morgan fingerprint density at radius 2 is 1.09 bits per heavy atom. The highest BCUT2D eigenvalue weighted by molar-refractivity contribution is 5.98. The maximum absolute atomic E-state index is 2.87. The second kappa shape index (κ2) is 1.84. The largest absolute Gasteiger partial charge is 0.0648 e. The first-order chi connectivity index (χ1) is 15.8. The van der Waals surface area contributed by atoms with Gasteiger partial charge >= 0.3 is 0 Å². The van der Waals surface area contributed by atoms with E-state index >= 15 is 0 Å². The van der Waals surface area contributed by atoms with Gasteiger partial charge in [-0.1, -0.05) is 13.8 Å². The Bertz CT molecular complexity index is 1620. The molecule has 32 heavy (non-hydrogen) atoms. The van der Waals surface area contributed by atoms with Gasteiger partial charge in [0.25, 0.3) is 0 Å². The molecular formula is C32H26. The molecule has 0 aromatic heterocycles. The summed E-state index contributed by atoms with van der Waals surface area (Å²) in [7, 11) is 0. The van der Waals surface area contributed by atoms with Crippen LogP contribution in [0, 0.1) is 153 Å². The van der Waals surface area contributed by atoms with Crippen LogP contribution in [0.25, 0.3) is 0 Å². The van der Waals surface area contributed by atoms with Gasteiger partial charge in [0.2, 0.25) is 0 Å². The molecule has 0 aromatic rings. The predicted molar refractivity (Wildman–Crippen MR) is 106 cm³/mol. The lowest BCUT2D eigenvalue weighted by molar-refractivity contribution is -1.05. The molecule has 0 radical (unpaired) electrons. The third kappa shape index (κ3) is 0.273. The van der Waals surface area contributed by atoms with E-state index in [1.165, 1.54) is 82.9 Å². The molecule has 0 aromatic carbocycles. The summed E-state index contributed by atoms with van der Waals surface area (Å²) in [6.45, 7) is 5.59. The van der Waals surface area contributed by atoms with E-state index in [0.717, 1.165) is 70.4 Å². The summed E-state index contributed by atoms with van der Waals surface area (Å²) in [6, 6.07) is 0. The van der Waals surface area contributed by atoms with E-state index in [1.807, 2.05) is 0 Å². The molecule has 0 saturated heterocycles. The normalized spacial score (nSPS) is 127. The van der Waals surface area contributed by atoms with Gasteiger partial charge in [0, 0.05) is 0 Å². The van der Waals surface area contributed by atoms with Crippen molar-refractivity contribution in [3.05, 3.63) is 0 Å². The minimum atomic E-state index is 0.982. The fraction of sp³-hybridized carbons (Fsp3) is 1.00. The van der Waals surface area contributed by atoms with Crippen LogP contribution in [0.5, 0.6) is 0 Å². The van der Waals surface area contributed by atoms with Crippen LogP contribution >= 0.6 is 0 Å². The molecule has 0 heteroatoms. The van der Waals surface area contributed by atoms with Crippen LogP contribution in [0.15, 0.2) is 0 Å². The Morgan fingerprint density at radius 3 is 1.78 bits per heavy atom. The first-order valence-electron chi connectivity index (χ1n) is 15.8. The molecule has 20 aliphatic rings. The van der Waals surface area contributed by atoms with E-state index in [1.54, 1.807) is 19.3 Å². The van der Waals surface area contributed by atoms with Crippen molar-refractivity contribution in [2.75, 3.05) is 0 Å². The highest BCUT2D eigenvalue weighted by Gasteiger charge is 3.54. The molecular weight excluding hydrogens is 384 g/mol. The number of fused-ring (bicyclic) bond motifs is 10. The van der Waals surface area contributed by atoms with Crippen molar-refractivity contribution in [2.45, 2.75) is 33.1 Å². The monoisotopic (exact) mass is 410 g/mol. The zero-order valence-electron chi connectivity index (χ0n) is 18.7. The third-order valence-electron chi connectivity index (χ3n) is 25.6. The molecule has 0 nitrogen and oxygen atoms in total. The molecule has 154 valence electrons. The molecule has 11 spiro atoms. The lowest BCUT2D eigenvalue weighted by Crippen LogP contribution is -3.49. The van der Waals surface area contributed by atoms with Crippen LogP contribution in [0.3, 0.4) is 0 Å². The SMILES string of the molecule is CCC12C3C4C5C6C7C8CC9C%10CC%11C%12C%13C%14C%15C3%16C(C)C%161C%151C42C52C63C74C98C%10%11C%124C%133C%1412. The van der Waals surface area contributed by atoms with Gasteiger partial charge in [0.15, 0.2) is 0 Å². The number of rotatable bonds is 1. The van der Waals surface area contributed by atoms with Gasteiger partial charge in [-0.25, -0.2) is 0 Å². The van der Waals surface area contributed by atoms with Crippen molar-refractivity contribution >= 4 is 0 Å². The van der Waals surface area contributed by atoms with Gasteiger partial charge in [0.05, 0.1) is 0 Å². The second-order valence-electron chi connectivity index (χ2n) is 19.5. The van der Waals surface area contributed by atoms with Gasteiger partial charge in [-0.2, -0.15) is 0 Å². The molecule has 20 fully saturated rings. The molecule has 0 N–H and O–H groups in total. The van der Waals surface area contributed by atoms with Crippen LogP contribution in [0.2, 0.25) is 0 Å². The molecule has 20 saturated carbocycles. The van der Waals surface area contributed by atoms with Crippen molar-refractivity contribution in [3.8, 4) is 0 Å². The summed E-state index contributed by atoms with van der Waals surface area (Å²) in [5, 5.41) is 0. The Labute approximate surface area is 186 Å². The van der Waals surface area contributed by atoms with Crippen LogP contribution in [0.1, 0.15) is 33.1 Å². The van der Waals surface area contributed by atoms with E-state index in [0.29, 0.717) is 0 Å². The highest BCUT2D eigenvalue weighted by atomic mass is 15.6. The van der Waals surface area contributed by atoms with Crippen molar-refractivity contribution in [2.24, 2.45) is 153 Å². The molecule has 0 aliphatic heterocycles. The van der Waals surface area contributed by atoms with E-state index in [9.17, 15) is 0 Å². The smallest absolute Gasteiger partial charge is 0.00482 e. The molecule has 0 heterocycles. The summed E-state index contributed by atoms with van der Waals surface area (Å²) in [5.74, 6) is 18.8. The average Bonchev–Trinajstić information content (AvgIpc) is 3.13. The topological polar surface area (TPSA) is 0 Å². The minimum Gasteiger partial charge on any atom is -0.0648 e. The van der Waals surface area contributed by atoms with Gasteiger partial charge in [0.1, 0.15) is 0 Å². The summed E-state index contributed by atoms with van der Waals surface area (Å²) >= 11 is 0. The lowest BCUT2D eigenvalue weighted by atomic mass is 8.52. The Morgan fingerprint density at radius 1 is 0.531 bits per heavy atom. The summed E-state index contributed by atoms with van der Waals surface area (Å²) < 4.78 is 0. The van der Waals surface area contributed by atoms with Crippen LogP contribution in [0.4, 0.5) is 0 Å². The fourth-order valence-corrected chi connectivity index (χ4v) is 31.5. The highest BCUT2D eigenvalue weighted by Crippen LogP contribution is 3.55. The van der Waals surface area contributed by atoms with Gasteiger partial charge in [-0.3, -0.25) is 0 Å². The van der Waals surface area contributed by atoms with Crippen LogP contribution in [-0.4, -0.2) is 0 Å². The van der Waals surface area contributed by atoms with Gasteiger partial charge in [-0.15, -0.1) is 0 Å². The molecule has 27 atom stereocenters. The Balaban J connectivity index is 1.07. The average molecular weight is 411 g/mol. The van der Waals surface area contributed by atoms with Crippen molar-refractivity contribution in [1.82, 2.24) is 0 Å². The summed E-state index contributed by atoms with van der Waals surface area (Å²) in [4.78, 5) is 0. The Kier molecular flexibility index (Phi) is 0.681. The second-order valence-corrected chi connectivity index (χ2v) is 19.5. The molecule has 0 bridgehead atoms. The maximum atomic E-state index is 2.87. The first kappa shape index (κ1) is 11.8. The van der Waals surface area contributed by atoms with Crippen LogP contribution < -0.4 is 0 Å². The van der Waals surface area contributed by atoms with Crippen LogP contribution in [-0.2, 0) is 0 Å². The zero-order valence-corrected chi connectivity index (χ0v) is 18.7. The first-order valence-corrected chi connectivity index (χ1v) is 15.8. The molecule has 0 amide bonds. The minimum absolute atomic E-state index is 0.982. The van der Waals surface area contributed by atoms with Crippen molar-refractivity contribution in [1.29, 1.82) is 0 Å². The molecule has 20 rings (SSSR count). The van der Waals surface area contributed by atoms with Crippen molar-refractivity contribution in [3.63, 3.8) is 0 Å². The summed E-state index contributed by atoms with van der Waals surface area (Å²) in [6.07, 6.45) is 5.20. The quantitative estimate of drug-likeness (QED) is 0.615. The lowest BCUT2D eigenvalue weighted by Gasteiger charge is -3.50. The van der Waals surface area contributed by atoms with E-state index < -0.39 is 0 Å². The zero-order chi connectivity index (χ0) is 18.7. The van der Waals surface area contributed by atoms with E-state index in [-0.39, 0.29) is 0 Å². The predicted octanol–water partition coefficient (Wildman–Crippen LogP) is 3.92. The summed E-state index contributed by atoms with van der Waals surface area (Å²) in [5.41, 5.74) is 13.9. The maximum Gasteiger partial charge on any atom is -0.00482 e. The molecule has 27 unspecified atom stereocenters. The standard InChI is InChI=1S/C32H26/c1-3-20-18-16-15-13-11-9-4-7-8-5-10-12-14-17-19-21(18)6(2)24(20,21)32(19)25(16,20)28(15)29(13)26(11)22(7,9)23(8,10)27(12,26)30(14,29)31(17,28)32/h6-19H,3-5H2,1-2H3. The number of hydrogen-bond acceptors (Lipinski definition) is 0. The van der Waals surface area contributed by atoms with Gasteiger partial charge in [-0.05, 0) is 173 Å². The fourth-order valence-electron chi connectivity index (χ4n) is 31.5. The Hall–Kier alpha value is 0. The molecule has 20 aliphatic carbocycles. The number of hydrogen-bond donors (Lipinski definition) is 0. The third-order valence-corrected chi connectivity index (χ3v) is 25.6.